The zero-order valence-electron chi connectivity index (χ0n) is 12.7. The van der Waals surface area contributed by atoms with E-state index >= 15 is 0 Å². The monoisotopic (exact) mass is 366 g/mol. The number of rotatable bonds is 3. The van der Waals surface area contributed by atoms with Gasteiger partial charge in [-0.2, -0.15) is 0 Å². The summed E-state index contributed by atoms with van der Waals surface area (Å²) in [5.41, 5.74) is 1.18. The number of halogens is 1. The molecule has 1 aliphatic heterocycles. The minimum absolute atomic E-state index is 0.0878. The molecule has 1 aliphatic rings. The van der Waals surface area contributed by atoms with Crippen LogP contribution in [-0.4, -0.2) is 19.9 Å². The Hall–Kier alpha value is -2.12. The van der Waals surface area contributed by atoms with Crippen LogP contribution in [-0.2, 0) is 16.4 Å². The Morgan fingerprint density at radius 3 is 2.62 bits per heavy atom. The van der Waals surface area contributed by atoms with Crippen LogP contribution in [0.15, 0.2) is 47.4 Å². The maximum atomic E-state index is 13.0. The Labute approximate surface area is 144 Å². The molecule has 0 saturated carbocycles. The fraction of sp³-hybridized carbons (Fsp3) is 0.250. The molecule has 126 valence electrons. The van der Waals surface area contributed by atoms with Crippen LogP contribution < -0.4 is 4.31 Å². The highest BCUT2D eigenvalue weighted by atomic mass is 35.5. The van der Waals surface area contributed by atoms with Gasteiger partial charge in [-0.1, -0.05) is 29.8 Å². The second-order valence-electron chi connectivity index (χ2n) is 5.53. The van der Waals surface area contributed by atoms with Crippen molar-refractivity contribution in [3.8, 4) is 0 Å². The van der Waals surface area contributed by atoms with E-state index in [0.29, 0.717) is 12.2 Å². The predicted octanol–water partition coefficient (Wildman–Crippen LogP) is 3.78. The molecular weight excluding hydrogens is 352 g/mol. The summed E-state index contributed by atoms with van der Waals surface area (Å²) >= 11 is 5.78. The average Bonchev–Trinajstić information content (AvgIpc) is 2.77. The molecule has 2 aromatic rings. The Kier molecular flexibility index (Phi) is 4.47. The molecule has 24 heavy (non-hydrogen) atoms. The molecule has 0 amide bonds. The van der Waals surface area contributed by atoms with Crippen molar-refractivity contribution in [3.05, 3.63) is 63.2 Å². The quantitative estimate of drug-likeness (QED) is 0.611. The van der Waals surface area contributed by atoms with Crippen molar-refractivity contribution >= 4 is 33.0 Å². The van der Waals surface area contributed by atoms with Crippen LogP contribution in [0.4, 0.5) is 11.4 Å². The molecule has 0 N–H and O–H groups in total. The molecule has 0 radical (unpaired) electrons. The zero-order valence-corrected chi connectivity index (χ0v) is 14.3. The molecule has 0 bridgehead atoms. The first-order valence-electron chi connectivity index (χ1n) is 7.46. The van der Waals surface area contributed by atoms with Crippen LogP contribution in [0, 0.1) is 10.1 Å². The number of benzene rings is 2. The first kappa shape index (κ1) is 16.7. The Morgan fingerprint density at radius 2 is 1.88 bits per heavy atom. The molecule has 6 nitrogen and oxygen atoms in total. The van der Waals surface area contributed by atoms with Gasteiger partial charge in [-0.3, -0.25) is 14.4 Å². The minimum atomic E-state index is -3.90. The molecule has 2 aromatic carbocycles. The highest BCUT2D eigenvalue weighted by Crippen LogP contribution is 2.33. The number of fused-ring (bicyclic) bond motifs is 1. The van der Waals surface area contributed by atoms with Gasteiger partial charge in [-0.15, -0.1) is 0 Å². The molecule has 0 atom stereocenters. The smallest absolute Gasteiger partial charge is 0.266 e. The van der Waals surface area contributed by atoms with E-state index in [9.17, 15) is 18.5 Å². The van der Waals surface area contributed by atoms with E-state index < -0.39 is 20.6 Å². The number of aryl methyl sites for hydroxylation is 1. The fourth-order valence-electron chi connectivity index (χ4n) is 2.83. The molecule has 0 aromatic heterocycles. The maximum Gasteiger partial charge on any atom is 0.289 e. The Morgan fingerprint density at radius 1 is 1.12 bits per heavy atom. The summed E-state index contributed by atoms with van der Waals surface area (Å²) in [5, 5.41) is 11.0. The lowest BCUT2D eigenvalue weighted by Crippen LogP contribution is -2.31. The van der Waals surface area contributed by atoms with Crippen molar-refractivity contribution < 1.29 is 13.3 Å². The van der Waals surface area contributed by atoms with E-state index in [1.54, 1.807) is 12.1 Å². The highest BCUT2D eigenvalue weighted by Gasteiger charge is 2.29. The number of nitrogens with zero attached hydrogens (tertiary/aromatic N) is 2. The number of para-hydroxylation sites is 1. The molecule has 0 unspecified atom stereocenters. The van der Waals surface area contributed by atoms with Gasteiger partial charge in [-0.25, -0.2) is 8.42 Å². The highest BCUT2D eigenvalue weighted by molar-refractivity contribution is 7.92. The Balaban J connectivity index is 2.11. The van der Waals surface area contributed by atoms with Crippen molar-refractivity contribution in [3.63, 3.8) is 0 Å². The normalized spacial score (nSPS) is 14.8. The number of hydrogen-bond donors (Lipinski definition) is 0. The lowest BCUT2D eigenvalue weighted by Gasteiger charge is -2.24. The van der Waals surface area contributed by atoms with Gasteiger partial charge in [0, 0.05) is 12.6 Å². The van der Waals surface area contributed by atoms with E-state index in [2.05, 4.69) is 0 Å². The van der Waals surface area contributed by atoms with Gasteiger partial charge in [0.25, 0.3) is 15.7 Å². The molecule has 1 heterocycles. The second-order valence-corrected chi connectivity index (χ2v) is 7.80. The summed E-state index contributed by atoms with van der Waals surface area (Å²) in [4.78, 5) is 10.2. The predicted molar refractivity (Wildman–Crippen MR) is 92.0 cm³/mol. The van der Waals surface area contributed by atoms with Crippen LogP contribution >= 0.6 is 11.6 Å². The summed E-state index contributed by atoms with van der Waals surface area (Å²) < 4.78 is 27.4. The molecule has 0 spiro atoms. The third-order valence-electron chi connectivity index (χ3n) is 4.02. The lowest BCUT2D eigenvalue weighted by molar-refractivity contribution is -0.384. The number of nitro benzene ring substituents is 1. The molecule has 0 fully saturated rings. The molecule has 0 saturated heterocycles. The van der Waals surface area contributed by atoms with Gasteiger partial charge in [0.05, 0.1) is 15.5 Å². The van der Waals surface area contributed by atoms with Crippen molar-refractivity contribution in [2.45, 2.75) is 24.2 Å². The standard InChI is InChI=1S/C16H15ClN2O4S/c17-14-9-8-13(11-16(14)19(20)21)24(22,23)18-10-4-3-6-12-5-1-2-7-15(12)18/h1-2,5,7-9,11H,3-4,6,10H2. The maximum absolute atomic E-state index is 13.0. The molecular formula is C16H15ClN2O4S. The third-order valence-corrected chi connectivity index (χ3v) is 6.15. The average molecular weight is 367 g/mol. The summed E-state index contributed by atoms with van der Waals surface area (Å²) in [6, 6.07) is 10.9. The number of sulfonamides is 1. The van der Waals surface area contributed by atoms with Crippen LogP contribution in [0.5, 0.6) is 0 Å². The molecule has 3 rings (SSSR count). The topological polar surface area (TPSA) is 80.5 Å². The van der Waals surface area contributed by atoms with Crippen LogP contribution in [0.2, 0.25) is 5.02 Å². The van der Waals surface area contributed by atoms with Crippen molar-refractivity contribution in [2.24, 2.45) is 0 Å². The first-order chi connectivity index (χ1) is 11.4. The summed E-state index contributed by atoms with van der Waals surface area (Å²) in [6.45, 7) is 0.343. The van der Waals surface area contributed by atoms with Crippen LogP contribution in [0.25, 0.3) is 0 Å². The summed E-state index contributed by atoms with van der Waals surface area (Å²) in [5.74, 6) is 0. The fourth-order valence-corrected chi connectivity index (χ4v) is 4.57. The van der Waals surface area contributed by atoms with Crippen LogP contribution in [0.1, 0.15) is 18.4 Å². The lowest BCUT2D eigenvalue weighted by atomic mass is 10.1. The SMILES string of the molecule is O=[N+]([O-])c1cc(S(=O)(=O)N2CCCCc3ccccc32)ccc1Cl. The second kappa shape index (κ2) is 6.41. The van der Waals surface area contributed by atoms with Gasteiger partial charge in [0.15, 0.2) is 0 Å². The number of hydrogen-bond acceptors (Lipinski definition) is 4. The number of nitro groups is 1. The van der Waals surface area contributed by atoms with Gasteiger partial charge >= 0.3 is 0 Å². The van der Waals surface area contributed by atoms with Gasteiger partial charge in [0.1, 0.15) is 5.02 Å². The van der Waals surface area contributed by atoms with Crippen molar-refractivity contribution in [2.75, 3.05) is 10.8 Å². The number of anilines is 1. The van der Waals surface area contributed by atoms with E-state index in [4.69, 9.17) is 11.6 Å². The summed E-state index contributed by atoms with van der Waals surface area (Å²) in [7, 11) is -3.90. The third kappa shape index (κ3) is 2.97. The minimum Gasteiger partial charge on any atom is -0.266 e. The Bertz CT molecular complexity index is 899. The van der Waals surface area contributed by atoms with Crippen LogP contribution in [0.3, 0.4) is 0 Å². The zero-order chi connectivity index (χ0) is 17.3. The van der Waals surface area contributed by atoms with E-state index in [1.807, 2.05) is 12.1 Å². The van der Waals surface area contributed by atoms with E-state index in [-0.39, 0.29) is 9.92 Å². The summed E-state index contributed by atoms with van der Waals surface area (Å²) in [6.07, 6.45) is 2.43. The van der Waals surface area contributed by atoms with Gasteiger partial charge < -0.3 is 0 Å². The molecule has 0 aliphatic carbocycles. The van der Waals surface area contributed by atoms with Crippen molar-refractivity contribution in [1.29, 1.82) is 0 Å². The van der Waals surface area contributed by atoms with E-state index in [0.717, 1.165) is 30.9 Å². The van der Waals surface area contributed by atoms with E-state index in [1.165, 1.54) is 16.4 Å². The molecule has 8 heteroatoms. The van der Waals surface area contributed by atoms with Crippen molar-refractivity contribution in [1.82, 2.24) is 0 Å². The first-order valence-corrected chi connectivity index (χ1v) is 9.27. The van der Waals surface area contributed by atoms with Gasteiger partial charge in [-0.05, 0) is 43.0 Å². The largest absolute Gasteiger partial charge is 0.289 e. The van der Waals surface area contributed by atoms with Gasteiger partial charge in [0.2, 0.25) is 0 Å².